The number of pyridine rings is 1. The number of halogens is 1. The monoisotopic (exact) mass is 222 g/mol. The molecule has 1 saturated heterocycles. The number of hydrogen-bond acceptors (Lipinski definition) is 2. The minimum atomic E-state index is -0.381. The molecule has 0 aliphatic carbocycles. The molecule has 0 aromatic carbocycles. The Morgan fingerprint density at radius 2 is 2.19 bits per heavy atom. The Labute approximate surface area is 96.5 Å². The van der Waals surface area contributed by atoms with Crippen LogP contribution in [0.4, 0.5) is 10.1 Å². The van der Waals surface area contributed by atoms with Gasteiger partial charge in [-0.1, -0.05) is 19.8 Å². The summed E-state index contributed by atoms with van der Waals surface area (Å²) >= 11 is 0. The Bertz CT molecular complexity index is 332. The van der Waals surface area contributed by atoms with E-state index in [-0.39, 0.29) is 5.95 Å². The van der Waals surface area contributed by atoms with Crippen molar-refractivity contribution < 1.29 is 4.39 Å². The number of aromatic nitrogens is 1. The molecular weight excluding hydrogens is 203 g/mol. The van der Waals surface area contributed by atoms with Gasteiger partial charge in [-0.2, -0.15) is 4.39 Å². The van der Waals surface area contributed by atoms with Crippen molar-refractivity contribution in [2.24, 2.45) is 5.92 Å². The Morgan fingerprint density at radius 1 is 1.44 bits per heavy atom. The van der Waals surface area contributed by atoms with Gasteiger partial charge in [-0.25, -0.2) is 4.98 Å². The standard InChI is InChI=1S/C13H19FN2/c1-2-3-11-5-8-16(9-6-11)12-4-7-15-13(14)10-12/h4,7,10-11H,2-3,5-6,8-9H2,1H3. The quantitative estimate of drug-likeness (QED) is 0.730. The lowest BCUT2D eigenvalue weighted by Crippen LogP contribution is -2.33. The largest absolute Gasteiger partial charge is 0.371 e. The lowest BCUT2D eigenvalue weighted by molar-refractivity contribution is 0.378. The van der Waals surface area contributed by atoms with Gasteiger partial charge in [0.15, 0.2) is 0 Å². The first kappa shape index (κ1) is 11.4. The fourth-order valence-electron chi connectivity index (χ4n) is 2.48. The van der Waals surface area contributed by atoms with Crippen molar-refractivity contribution in [2.45, 2.75) is 32.6 Å². The SMILES string of the molecule is CCCC1CCN(c2ccnc(F)c2)CC1. The number of rotatable bonds is 3. The van der Waals surface area contributed by atoms with Crippen LogP contribution in [0, 0.1) is 11.9 Å². The Hall–Kier alpha value is -1.12. The van der Waals surface area contributed by atoms with Crippen molar-refractivity contribution in [1.29, 1.82) is 0 Å². The molecule has 0 N–H and O–H groups in total. The highest BCUT2D eigenvalue weighted by Gasteiger charge is 2.18. The van der Waals surface area contributed by atoms with Gasteiger partial charge in [0.05, 0.1) is 0 Å². The number of piperidine rings is 1. The van der Waals surface area contributed by atoms with Crippen molar-refractivity contribution >= 4 is 5.69 Å². The molecule has 16 heavy (non-hydrogen) atoms. The molecule has 1 aliphatic heterocycles. The third kappa shape index (κ3) is 2.71. The fourth-order valence-corrected chi connectivity index (χ4v) is 2.48. The van der Waals surface area contributed by atoms with E-state index < -0.39 is 0 Å². The van der Waals surface area contributed by atoms with Crippen molar-refractivity contribution in [1.82, 2.24) is 4.98 Å². The molecule has 0 spiro atoms. The van der Waals surface area contributed by atoms with E-state index in [4.69, 9.17) is 0 Å². The molecule has 3 heteroatoms. The summed E-state index contributed by atoms with van der Waals surface area (Å²) in [5.74, 6) is 0.487. The smallest absolute Gasteiger partial charge is 0.214 e. The van der Waals surface area contributed by atoms with Gasteiger partial charge in [-0.05, 0) is 24.8 Å². The molecule has 0 amide bonds. The topological polar surface area (TPSA) is 16.1 Å². The van der Waals surface area contributed by atoms with Crippen molar-refractivity contribution in [2.75, 3.05) is 18.0 Å². The van der Waals surface area contributed by atoms with Crippen LogP contribution in [0.5, 0.6) is 0 Å². The third-order valence-corrected chi connectivity index (χ3v) is 3.39. The van der Waals surface area contributed by atoms with Crippen LogP contribution >= 0.6 is 0 Å². The Kier molecular flexibility index (Phi) is 3.75. The number of nitrogens with zero attached hydrogens (tertiary/aromatic N) is 2. The van der Waals surface area contributed by atoms with Gasteiger partial charge in [0.2, 0.25) is 5.95 Å². The fraction of sp³-hybridized carbons (Fsp3) is 0.615. The molecule has 88 valence electrons. The predicted molar refractivity (Wildman–Crippen MR) is 64.0 cm³/mol. The van der Waals surface area contributed by atoms with Crippen LogP contribution in [-0.4, -0.2) is 18.1 Å². The van der Waals surface area contributed by atoms with Crippen LogP contribution in [0.2, 0.25) is 0 Å². The zero-order valence-electron chi connectivity index (χ0n) is 9.82. The molecule has 2 heterocycles. The Morgan fingerprint density at radius 3 is 2.81 bits per heavy atom. The molecule has 0 saturated carbocycles. The molecule has 1 aromatic heterocycles. The summed E-state index contributed by atoms with van der Waals surface area (Å²) in [5.41, 5.74) is 0.974. The maximum atomic E-state index is 13.0. The third-order valence-electron chi connectivity index (χ3n) is 3.39. The van der Waals surface area contributed by atoms with E-state index >= 15 is 0 Å². The molecular formula is C13H19FN2. The first-order valence-electron chi connectivity index (χ1n) is 6.16. The highest BCUT2D eigenvalue weighted by atomic mass is 19.1. The molecule has 2 rings (SSSR count). The molecule has 1 fully saturated rings. The maximum absolute atomic E-state index is 13.0. The van der Waals surface area contributed by atoms with Gasteiger partial charge >= 0.3 is 0 Å². The molecule has 1 aromatic rings. The molecule has 0 atom stereocenters. The van der Waals surface area contributed by atoms with Gasteiger partial charge < -0.3 is 4.90 Å². The normalized spacial score (nSPS) is 17.8. The highest BCUT2D eigenvalue weighted by molar-refractivity contribution is 5.45. The second-order valence-electron chi connectivity index (χ2n) is 4.56. The lowest BCUT2D eigenvalue weighted by atomic mass is 9.92. The summed E-state index contributed by atoms with van der Waals surface area (Å²) in [5, 5.41) is 0. The zero-order chi connectivity index (χ0) is 11.4. The summed E-state index contributed by atoms with van der Waals surface area (Å²) in [6, 6.07) is 3.42. The first-order chi connectivity index (χ1) is 7.79. The lowest BCUT2D eigenvalue weighted by Gasteiger charge is -2.33. The van der Waals surface area contributed by atoms with E-state index in [0.29, 0.717) is 0 Å². The predicted octanol–water partition coefficient (Wildman–Crippen LogP) is 3.24. The van der Waals surface area contributed by atoms with Crippen LogP contribution in [-0.2, 0) is 0 Å². The van der Waals surface area contributed by atoms with E-state index in [9.17, 15) is 4.39 Å². The van der Waals surface area contributed by atoms with E-state index in [1.54, 1.807) is 6.20 Å². The van der Waals surface area contributed by atoms with E-state index in [0.717, 1.165) is 24.7 Å². The second-order valence-corrected chi connectivity index (χ2v) is 4.56. The van der Waals surface area contributed by atoms with Gasteiger partial charge in [0, 0.05) is 31.0 Å². The summed E-state index contributed by atoms with van der Waals surface area (Å²) in [6.07, 6.45) is 6.62. The average Bonchev–Trinajstić information content (AvgIpc) is 2.30. The van der Waals surface area contributed by atoms with E-state index in [1.807, 2.05) is 6.07 Å². The second kappa shape index (κ2) is 5.28. The summed E-state index contributed by atoms with van der Waals surface area (Å²) < 4.78 is 13.0. The summed E-state index contributed by atoms with van der Waals surface area (Å²) in [4.78, 5) is 5.85. The molecule has 2 nitrogen and oxygen atoms in total. The first-order valence-corrected chi connectivity index (χ1v) is 6.16. The molecule has 0 bridgehead atoms. The van der Waals surface area contributed by atoms with Gasteiger partial charge in [0.25, 0.3) is 0 Å². The van der Waals surface area contributed by atoms with Crippen LogP contribution in [0.25, 0.3) is 0 Å². The van der Waals surface area contributed by atoms with Crippen LogP contribution < -0.4 is 4.90 Å². The average molecular weight is 222 g/mol. The van der Waals surface area contributed by atoms with Crippen molar-refractivity contribution in [3.05, 3.63) is 24.3 Å². The van der Waals surface area contributed by atoms with Gasteiger partial charge in [-0.3, -0.25) is 0 Å². The van der Waals surface area contributed by atoms with E-state index in [2.05, 4.69) is 16.8 Å². The number of anilines is 1. The van der Waals surface area contributed by atoms with Crippen LogP contribution in [0.15, 0.2) is 18.3 Å². The van der Waals surface area contributed by atoms with Crippen LogP contribution in [0.1, 0.15) is 32.6 Å². The maximum Gasteiger partial charge on any atom is 0.214 e. The van der Waals surface area contributed by atoms with E-state index in [1.165, 1.54) is 31.7 Å². The summed E-state index contributed by atoms with van der Waals surface area (Å²) in [6.45, 7) is 4.34. The van der Waals surface area contributed by atoms with Crippen LogP contribution in [0.3, 0.4) is 0 Å². The van der Waals surface area contributed by atoms with Gasteiger partial charge in [0.1, 0.15) is 0 Å². The molecule has 1 aliphatic rings. The summed E-state index contributed by atoms with van der Waals surface area (Å²) in [7, 11) is 0. The zero-order valence-corrected chi connectivity index (χ0v) is 9.82. The minimum Gasteiger partial charge on any atom is -0.371 e. The van der Waals surface area contributed by atoms with Crippen molar-refractivity contribution in [3.63, 3.8) is 0 Å². The van der Waals surface area contributed by atoms with Crippen molar-refractivity contribution in [3.8, 4) is 0 Å². The Balaban J connectivity index is 1.94. The van der Waals surface area contributed by atoms with Gasteiger partial charge in [-0.15, -0.1) is 0 Å². The molecule has 0 unspecified atom stereocenters. The highest BCUT2D eigenvalue weighted by Crippen LogP contribution is 2.25. The molecule has 0 radical (unpaired) electrons. The minimum absolute atomic E-state index is 0.381. The number of hydrogen-bond donors (Lipinski definition) is 0.